The number of halogens is 2. The average molecular weight is 598 g/mol. The molecule has 0 aliphatic carbocycles. The van der Waals surface area contributed by atoms with Gasteiger partial charge in [-0.3, -0.25) is 4.90 Å². The number of aromatic nitrogens is 6. The molecule has 5 rings (SSSR count). The van der Waals surface area contributed by atoms with E-state index >= 15 is 0 Å². The van der Waals surface area contributed by atoms with Gasteiger partial charge >= 0.3 is 0 Å². The molecule has 10 heteroatoms. The second kappa shape index (κ2) is 14.6. The fourth-order valence-corrected chi connectivity index (χ4v) is 4.59. The standard InChI is InChI=1S/C21H25N.C13H12F2N6O/c1-21(2,3)15-8-5-9-16-22(4)17-19-13-10-12-18-11-6-7-14-20(18)19;14-10-1-2-11(12(15)3-10)13(22,4-20-8-16-6-18-20)5-21-9-17-7-19-21/h5-7,9-14H,16-17H2,1-4H3;1-3,6-9,22H,4-5H2/b9-5+;. The number of benzene rings is 3. The number of nitrogens with zero attached hydrogens (tertiary/aromatic N) is 7. The first kappa shape index (κ1) is 32.2. The van der Waals surface area contributed by atoms with Gasteiger partial charge in [-0.15, -0.1) is 0 Å². The highest BCUT2D eigenvalue weighted by Crippen LogP contribution is 2.28. The van der Waals surface area contributed by atoms with E-state index in [4.69, 9.17) is 0 Å². The fourth-order valence-electron chi connectivity index (χ4n) is 4.59. The van der Waals surface area contributed by atoms with Gasteiger partial charge in [-0.1, -0.05) is 66.4 Å². The van der Waals surface area contributed by atoms with Crippen molar-refractivity contribution < 1.29 is 13.9 Å². The molecule has 0 aliphatic heterocycles. The Bertz CT molecular complexity index is 1670. The van der Waals surface area contributed by atoms with Gasteiger partial charge < -0.3 is 5.11 Å². The van der Waals surface area contributed by atoms with E-state index in [0.717, 1.165) is 25.2 Å². The Kier molecular flexibility index (Phi) is 10.7. The topological polar surface area (TPSA) is 84.9 Å². The number of allylic oxidation sites excluding steroid dienone is 1. The highest BCUT2D eigenvalue weighted by atomic mass is 19.1. The van der Waals surface area contributed by atoms with Crippen LogP contribution in [-0.4, -0.2) is 53.1 Å². The summed E-state index contributed by atoms with van der Waals surface area (Å²) in [5.41, 5.74) is -0.312. The fraction of sp³-hybridized carbons (Fsp3) is 0.294. The number of hydrogen-bond donors (Lipinski definition) is 1. The molecule has 0 unspecified atom stereocenters. The summed E-state index contributed by atoms with van der Waals surface area (Å²) in [6.45, 7) is 8.08. The highest BCUT2D eigenvalue weighted by Gasteiger charge is 2.34. The largest absolute Gasteiger partial charge is 0.381 e. The molecule has 5 aromatic rings. The van der Waals surface area contributed by atoms with Crippen molar-refractivity contribution in [3.05, 3.63) is 121 Å². The zero-order chi connectivity index (χ0) is 31.6. The minimum atomic E-state index is -1.70. The van der Waals surface area contributed by atoms with Crippen molar-refractivity contribution in [2.24, 2.45) is 5.41 Å². The SMILES string of the molecule is CN(C/C=C/C#CC(C)(C)C)Cc1cccc2ccccc12.OC(Cn1cncn1)(Cn1cncn1)c1ccc(F)cc1F. The van der Waals surface area contributed by atoms with E-state index in [-0.39, 0.29) is 24.1 Å². The predicted molar refractivity (Wildman–Crippen MR) is 167 cm³/mol. The monoisotopic (exact) mass is 597 g/mol. The van der Waals surface area contributed by atoms with Crippen LogP contribution >= 0.6 is 0 Å². The van der Waals surface area contributed by atoms with E-state index in [1.54, 1.807) is 0 Å². The molecule has 2 aromatic heterocycles. The summed E-state index contributed by atoms with van der Waals surface area (Å²) in [5, 5.41) is 21.4. The molecule has 0 saturated heterocycles. The molecule has 0 fully saturated rings. The summed E-state index contributed by atoms with van der Waals surface area (Å²) in [6.07, 6.45) is 9.49. The van der Waals surface area contributed by atoms with E-state index in [1.807, 2.05) is 6.08 Å². The molecule has 0 saturated carbocycles. The minimum Gasteiger partial charge on any atom is -0.381 e. The smallest absolute Gasteiger partial charge is 0.137 e. The summed E-state index contributed by atoms with van der Waals surface area (Å²) in [7, 11) is 2.14. The maximum absolute atomic E-state index is 14.1. The Morgan fingerprint density at radius 2 is 1.57 bits per heavy atom. The van der Waals surface area contributed by atoms with Crippen molar-refractivity contribution in [2.75, 3.05) is 13.6 Å². The van der Waals surface area contributed by atoms with Crippen LogP contribution < -0.4 is 0 Å². The summed E-state index contributed by atoms with van der Waals surface area (Å²) in [5.74, 6) is 4.77. The van der Waals surface area contributed by atoms with Gasteiger partial charge in [-0.05, 0) is 56.3 Å². The molecule has 44 heavy (non-hydrogen) atoms. The van der Waals surface area contributed by atoms with Crippen molar-refractivity contribution in [1.82, 2.24) is 34.4 Å². The maximum Gasteiger partial charge on any atom is 0.137 e. The summed E-state index contributed by atoms with van der Waals surface area (Å²) in [4.78, 5) is 9.87. The lowest BCUT2D eigenvalue weighted by Crippen LogP contribution is -2.37. The van der Waals surface area contributed by atoms with Crippen LogP contribution in [0.2, 0.25) is 0 Å². The van der Waals surface area contributed by atoms with Crippen LogP contribution in [0.4, 0.5) is 8.78 Å². The van der Waals surface area contributed by atoms with Crippen LogP contribution in [0, 0.1) is 28.9 Å². The van der Waals surface area contributed by atoms with Crippen LogP contribution in [0.1, 0.15) is 31.9 Å². The van der Waals surface area contributed by atoms with Crippen molar-refractivity contribution in [2.45, 2.75) is 46.0 Å². The van der Waals surface area contributed by atoms with Crippen LogP contribution in [0.15, 0.2) is 98.1 Å². The van der Waals surface area contributed by atoms with E-state index in [2.05, 4.69) is 113 Å². The first-order valence-electron chi connectivity index (χ1n) is 14.2. The molecular weight excluding hydrogens is 560 g/mol. The summed E-state index contributed by atoms with van der Waals surface area (Å²) >= 11 is 0. The van der Waals surface area contributed by atoms with Gasteiger partial charge in [-0.25, -0.2) is 28.1 Å². The molecule has 0 bridgehead atoms. The van der Waals surface area contributed by atoms with Crippen molar-refractivity contribution in [3.63, 3.8) is 0 Å². The van der Waals surface area contributed by atoms with Gasteiger partial charge in [0.05, 0.1) is 13.1 Å². The maximum atomic E-state index is 14.1. The Labute approximate surface area is 256 Å². The minimum absolute atomic E-state index is 0.0556. The Hall–Kier alpha value is -4.72. The normalized spacial score (nSPS) is 11.8. The van der Waals surface area contributed by atoms with E-state index in [1.165, 1.54) is 57.1 Å². The average Bonchev–Trinajstić information content (AvgIpc) is 3.67. The number of aliphatic hydroxyl groups is 1. The third-order valence-corrected chi connectivity index (χ3v) is 6.60. The van der Waals surface area contributed by atoms with E-state index in [9.17, 15) is 13.9 Å². The second-order valence-corrected chi connectivity index (χ2v) is 11.6. The zero-order valence-corrected chi connectivity index (χ0v) is 25.4. The van der Waals surface area contributed by atoms with Gasteiger partial charge in [0.15, 0.2) is 0 Å². The third-order valence-electron chi connectivity index (χ3n) is 6.60. The second-order valence-electron chi connectivity index (χ2n) is 11.6. The molecule has 0 aliphatic rings. The highest BCUT2D eigenvalue weighted by molar-refractivity contribution is 5.85. The molecule has 0 radical (unpaired) electrons. The third kappa shape index (κ3) is 9.39. The summed E-state index contributed by atoms with van der Waals surface area (Å²) < 4.78 is 29.9. The molecule has 3 aromatic carbocycles. The molecule has 1 N–H and O–H groups in total. The number of hydrogen-bond acceptors (Lipinski definition) is 6. The molecule has 0 atom stereocenters. The van der Waals surface area contributed by atoms with Gasteiger partial charge in [-0.2, -0.15) is 10.2 Å². The number of rotatable bonds is 9. The quantitative estimate of drug-likeness (QED) is 0.222. The van der Waals surface area contributed by atoms with Crippen molar-refractivity contribution in [3.8, 4) is 11.8 Å². The van der Waals surface area contributed by atoms with Gasteiger partial charge in [0, 0.05) is 30.1 Å². The number of likely N-dealkylation sites (N-methyl/N-ethyl adjacent to an activating group) is 1. The molecule has 2 heterocycles. The van der Waals surface area contributed by atoms with E-state index < -0.39 is 17.2 Å². The van der Waals surface area contributed by atoms with Crippen LogP contribution in [-0.2, 0) is 25.2 Å². The molecular formula is C34H37F2N7O. The molecule has 228 valence electrons. The predicted octanol–water partition coefficient (Wildman–Crippen LogP) is 5.61. The van der Waals surface area contributed by atoms with Gasteiger partial charge in [0.25, 0.3) is 0 Å². The lowest BCUT2D eigenvalue weighted by Gasteiger charge is -2.28. The molecule has 0 spiro atoms. The summed E-state index contributed by atoms with van der Waals surface area (Å²) in [6, 6.07) is 18.1. The number of fused-ring (bicyclic) bond motifs is 1. The van der Waals surface area contributed by atoms with Crippen molar-refractivity contribution >= 4 is 10.8 Å². The first-order valence-corrected chi connectivity index (χ1v) is 14.2. The van der Waals surface area contributed by atoms with E-state index in [0.29, 0.717) is 0 Å². The first-order chi connectivity index (χ1) is 21.0. The Morgan fingerprint density at radius 3 is 2.18 bits per heavy atom. The Balaban J connectivity index is 0.000000201. The van der Waals surface area contributed by atoms with Crippen LogP contribution in [0.25, 0.3) is 10.8 Å². The van der Waals surface area contributed by atoms with Gasteiger partial charge in [0.1, 0.15) is 42.5 Å². The molecule has 0 amide bonds. The lowest BCUT2D eigenvalue weighted by atomic mass is 9.93. The van der Waals surface area contributed by atoms with Crippen LogP contribution in [0.5, 0.6) is 0 Å². The van der Waals surface area contributed by atoms with Crippen molar-refractivity contribution in [1.29, 1.82) is 0 Å². The van der Waals surface area contributed by atoms with Gasteiger partial charge in [0.2, 0.25) is 0 Å². The lowest BCUT2D eigenvalue weighted by molar-refractivity contribution is -0.00856. The zero-order valence-electron chi connectivity index (χ0n) is 25.4. The Morgan fingerprint density at radius 1 is 0.909 bits per heavy atom. The molecule has 8 nitrogen and oxygen atoms in total. The van der Waals surface area contributed by atoms with Crippen LogP contribution in [0.3, 0.4) is 0 Å².